The summed E-state index contributed by atoms with van der Waals surface area (Å²) >= 11 is 3.14. The molecule has 1 aliphatic rings. The van der Waals surface area contributed by atoms with Gasteiger partial charge in [-0.1, -0.05) is 0 Å². The number of ether oxygens (including phenoxy) is 2. The molecule has 0 radical (unpaired) electrons. The minimum absolute atomic E-state index is 0.247. The quantitative estimate of drug-likeness (QED) is 0.892. The van der Waals surface area contributed by atoms with Crippen LogP contribution in [0.25, 0.3) is 0 Å². The maximum absolute atomic E-state index is 13.6. The summed E-state index contributed by atoms with van der Waals surface area (Å²) in [6.07, 6.45) is 0.898. The first-order valence-electron chi connectivity index (χ1n) is 5.60. The minimum atomic E-state index is -4.08. The molecule has 1 saturated heterocycles. The number of hydrogen-bond acceptors (Lipinski definition) is 4. The highest BCUT2D eigenvalue weighted by Crippen LogP contribution is 2.30. The van der Waals surface area contributed by atoms with Gasteiger partial charge >= 0.3 is 0 Å². The van der Waals surface area contributed by atoms with Crippen LogP contribution in [0.15, 0.2) is 21.5 Å². The van der Waals surface area contributed by atoms with E-state index in [0.29, 0.717) is 24.3 Å². The Morgan fingerprint density at radius 3 is 2.84 bits per heavy atom. The Hall–Kier alpha value is -0.700. The molecular weight excluding hydrogens is 341 g/mol. The van der Waals surface area contributed by atoms with E-state index in [-0.39, 0.29) is 11.7 Å². The Morgan fingerprint density at radius 1 is 1.53 bits per heavy atom. The fraction of sp³-hybridized carbons (Fsp3) is 0.455. The topological polar surface area (TPSA) is 78.6 Å². The fourth-order valence-corrected chi connectivity index (χ4v) is 2.98. The fourth-order valence-electron chi connectivity index (χ4n) is 1.76. The van der Waals surface area contributed by atoms with Gasteiger partial charge in [-0.15, -0.1) is 0 Å². The molecule has 1 aromatic rings. The van der Waals surface area contributed by atoms with Crippen LogP contribution in [0.3, 0.4) is 0 Å². The van der Waals surface area contributed by atoms with Crippen molar-refractivity contribution in [3.8, 4) is 5.75 Å². The van der Waals surface area contributed by atoms with Gasteiger partial charge in [-0.2, -0.15) is 0 Å². The third-order valence-electron chi connectivity index (χ3n) is 2.79. The van der Waals surface area contributed by atoms with Gasteiger partial charge in [0.2, 0.25) is 10.0 Å². The van der Waals surface area contributed by atoms with Crippen molar-refractivity contribution in [2.45, 2.75) is 11.3 Å². The number of halogens is 2. The molecule has 106 valence electrons. The second-order valence-electron chi connectivity index (χ2n) is 4.30. The summed E-state index contributed by atoms with van der Waals surface area (Å²) in [5, 5.41) is 4.90. The normalized spacial score (nSPS) is 19.6. The molecule has 1 heterocycles. The van der Waals surface area contributed by atoms with Gasteiger partial charge in [-0.3, -0.25) is 0 Å². The zero-order valence-corrected chi connectivity index (χ0v) is 12.3. The number of hydrogen-bond donors (Lipinski definition) is 1. The van der Waals surface area contributed by atoms with Crippen molar-refractivity contribution in [3.63, 3.8) is 0 Å². The molecule has 8 heteroatoms. The van der Waals surface area contributed by atoms with Crippen LogP contribution >= 0.6 is 15.9 Å². The lowest BCUT2D eigenvalue weighted by Gasteiger charge is -2.12. The molecular formula is C11H13BrFNO4S. The summed E-state index contributed by atoms with van der Waals surface area (Å²) in [5.41, 5.74) is 0. The van der Waals surface area contributed by atoms with Crippen LogP contribution in [-0.4, -0.2) is 28.2 Å². The lowest BCUT2D eigenvalue weighted by molar-refractivity contribution is 0.166. The lowest BCUT2D eigenvalue weighted by atomic mass is 10.1. The zero-order valence-electron chi connectivity index (χ0n) is 9.93. The Bertz CT molecular complexity index is 572. The van der Waals surface area contributed by atoms with E-state index in [0.717, 1.165) is 18.6 Å². The van der Waals surface area contributed by atoms with Crippen LogP contribution < -0.4 is 9.88 Å². The number of primary sulfonamides is 1. The van der Waals surface area contributed by atoms with Gasteiger partial charge in [-0.25, -0.2) is 17.9 Å². The average molecular weight is 354 g/mol. The second kappa shape index (κ2) is 5.74. The first kappa shape index (κ1) is 14.7. The molecule has 1 atom stereocenters. The monoisotopic (exact) mass is 353 g/mol. The smallest absolute Gasteiger partial charge is 0.241 e. The SMILES string of the molecule is NS(=O)(=O)c1cc(Br)c(OCC2CCOC2)cc1F. The Morgan fingerprint density at radius 2 is 2.26 bits per heavy atom. The summed E-state index contributed by atoms with van der Waals surface area (Å²) < 4.78 is 46.9. The van der Waals surface area contributed by atoms with Crippen LogP contribution in [0.4, 0.5) is 4.39 Å². The second-order valence-corrected chi connectivity index (χ2v) is 6.68. The highest BCUT2D eigenvalue weighted by atomic mass is 79.9. The molecule has 0 saturated carbocycles. The van der Waals surface area contributed by atoms with E-state index < -0.39 is 20.7 Å². The minimum Gasteiger partial charge on any atom is -0.492 e. The molecule has 0 bridgehead atoms. The van der Waals surface area contributed by atoms with Crippen molar-refractivity contribution in [1.82, 2.24) is 0 Å². The highest BCUT2D eigenvalue weighted by molar-refractivity contribution is 9.10. The molecule has 0 spiro atoms. The molecule has 0 amide bonds. The molecule has 1 aliphatic heterocycles. The van der Waals surface area contributed by atoms with Crippen molar-refractivity contribution in [3.05, 3.63) is 22.4 Å². The molecule has 1 unspecified atom stereocenters. The number of nitrogens with two attached hydrogens (primary N) is 1. The van der Waals surface area contributed by atoms with Crippen molar-refractivity contribution in [2.24, 2.45) is 11.1 Å². The Labute approximate surface area is 119 Å². The summed E-state index contributed by atoms with van der Waals surface area (Å²) in [6, 6.07) is 2.12. The van der Waals surface area contributed by atoms with E-state index in [2.05, 4.69) is 15.9 Å². The van der Waals surface area contributed by atoms with Gasteiger partial charge in [0.1, 0.15) is 16.5 Å². The molecule has 2 N–H and O–H groups in total. The molecule has 1 aromatic carbocycles. The summed E-state index contributed by atoms with van der Waals surface area (Å²) in [7, 11) is -4.08. The molecule has 0 aromatic heterocycles. The largest absolute Gasteiger partial charge is 0.492 e. The summed E-state index contributed by atoms with van der Waals surface area (Å²) in [4.78, 5) is -0.559. The zero-order chi connectivity index (χ0) is 14.0. The first-order chi connectivity index (χ1) is 8.88. The van der Waals surface area contributed by atoms with Crippen molar-refractivity contribution < 1.29 is 22.3 Å². The summed E-state index contributed by atoms with van der Waals surface area (Å²) in [6.45, 7) is 1.72. The Kier molecular flexibility index (Phi) is 4.44. The van der Waals surface area contributed by atoms with Crippen molar-refractivity contribution in [2.75, 3.05) is 19.8 Å². The predicted octanol–water partition coefficient (Wildman–Crippen LogP) is 1.65. The van der Waals surface area contributed by atoms with Gasteiger partial charge in [0, 0.05) is 18.6 Å². The lowest BCUT2D eigenvalue weighted by Crippen LogP contribution is -2.15. The molecule has 0 aliphatic carbocycles. The van der Waals surface area contributed by atoms with Gasteiger partial charge in [0.05, 0.1) is 17.7 Å². The van der Waals surface area contributed by atoms with Crippen LogP contribution in [-0.2, 0) is 14.8 Å². The highest BCUT2D eigenvalue weighted by Gasteiger charge is 2.20. The summed E-state index contributed by atoms with van der Waals surface area (Å²) in [5.74, 6) is -0.409. The van der Waals surface area contributed by atoms with E-state index in [1.807, 2.05) is 0 Å². The predicted molar refractivity (Wildman–Crippen MR) is 69.9 cm³/mol. The third kappa shape index (κ3) is 3.65. The standard InChI is InChI=1S/C11H13BrFNO4S/c12-8-3-11(19(14,15)16)9(13)4-10(8)18-6-7-1-2-17-5-7/h3-4,7H,1-2,5-6H2,(H2,14,15,16). The van der Waals surface area contributed by atoms with E-state index in [4.69, 9.17) is 14.6 Å². The van der Waals surface area contributed by atoms with E-state index >= 15 is 0 Å². The maximum Gasteiger partial charge on any atom is 0.241 e. The van der Waals surface area contributed by atoms with Crippen LogP contribution in [0, 0.1) is 11.7 Å². The van der Waals surface area contributed by atoms with E-state index in [1.54, 1.807) is 0 Å². The molecule has 5 nitrogen and oxygen atoms in total. The Balaban J connectivity index is 2.16. The average Bonchev–Trinajstić information content (AvgIpc) is 2.81. The number of sulfonamides is 1. The van der Waals surface area contributed by atoms with Crippen LogP contribution in [0.2, 0.25) is 0 Å². The third-order valence-corrected chi connectivity index (χ3v) is 4.34. The van der Waals surface area contributed by atoms with Crippen LogP contribution in [0.1, 0.15) is 6.42 Å². The van der Waals surface area contributed by atoms with Gasteiger partial charge in [0.25, 0.3) is 0 Å². The first-order valence-corrected chi connectivity index (χ1v) is 7.94. The van der Waals surface area contributed by atoms with Gasteiger partial charge < -0.3 is 9.47 Å². The molecule has 1 fully saturated rings. The maximum atomic E-state index is 13.6. The van der Waals surface area contributed by atoms with E-state index in [1.165, 1.54) is 0 Å². The van der Waals surface area contributed by atoms with Crippen molar-refractivity contribution >= 4 is 26.0 Å². The van der Waals surface area contributed by atoms with E-state index in [9.17, 15) is 12.8 Å². The van der Waals surface area contributed by atoms with Crippen LogP contribution in [0.5, 0.6) is 5.75 Å². The molecule has 2 rings (SSSR count). The van der Waals surface area contributed by atoms with Crippen molar-refractivity contribution in [1.29, 1.82) is 0 Å². The number of rotatable bonds is 4. The number of benzene rings is 1. The van der Waals surface area contributed by atoms with Gasteiger partial charge in [-0.05, 0) is 28.4 Å². The van der Waals surface area contributed by atoms with Gasteiger partial charge in [0.15, 0.2) is 0 Å². The molecule has 19 heavy (non-hydrogen) atoms.